The molecular formula is C15H21ClN2. The van der Waals surface area contributed by atoms with E-state index in [4.69, 9.17) is 11.6 Å². The molecule has 18 heavy (non-hydrogen) atoms. The molecule has 2 fully saturated rings. The van der Waals surface area contributed by atoms with Crippen molar-refractivity contribution in [2.45, 2.75) is 44.3 Å². The van der Waals surface area contributed by atoms with Gasteiger partial charge in [0.25, 0.3) is 0 Å². The Morgan fingerprint density at radius 2 is 1.94 bits per heavy atom. The fourth-order valence-corrected chi connectivity index (χ4v) is 3.46. The van der Waals surface area contributed by atoms with Crippen LogP contribution in [-0.2, 0) is 6.54 Å². The maximum atomic E-state index is 5.90. The molecular weight excluding hydrogens is 244 g/mol. The second kappa shape index (κ2) is 5.60. The first kappa shape index (κ1) is 12.5. The fraction of sp³-hybridized carbons (Fsp3) is 0.600. The van der Waals surface area contributed by atoms with E-state index in [2.05, 4.69) is 22.3 Å². The standard InChI is InChI=1S/C15H21ClN2/c16-13-6-4-12(5-7-13)11-17-14-8-10-18-9-2-1-3-15(14)18/h4-7,14-15,17H,1-3,8-11H2. The van der Waals surface area contributed by atoms with Crippen molar-refractivity contribution >= 4 is 11.6 Å². The highest BCUT2D eigenvalue weighted by atomic mass is 35.5. The van der Waals surface area contributed by atoms with E-state index in [0.717, 1.165) is 17.6 Å². The van der Waals surface area contributed by atoms with Crippen molar-refractivity contribution in [1.82, 2.24) is 10.2 Å². The molecule has 0 aliphatic carbocycles. The zero-order valence-corrected chi connectivity index (χ0v) is 11.5. The molecule has 3 heteroatoms. The van der Waals surface area contributed by atoms with Gasteiger partial charge in [0.2, 0.25) is 0 Å². The van der Waals surface area contributed by atoms with Crippen LogP contribution in [-0.4, -0.2) is 30.1 Å². The number of rotatable bonds is 3. The minimum Gasteiger partial charge on any atom is -0.308 e. The number of hydrogen-bond donors (Lipinski definition) is 1. The molecule has 1 aromatic carbocycles. The molecule has 2 saturated heterocycles. The van der Waals surface area contributed by atoms with Gasteiger partial charge in [-0.2, -0.15) is 0 Å². The molecule has 1 N–H and O–H groups in total. The van der Waals surface area contributed by atoms with Crippen molar-refractivity contribution in [3.05, 3.63) is 34.9 Å². The first-order valence-electron chi connectivity index (χ1n) is 7.05. The van der Waals surface area contributed by atoms with Crippen molar-refractivity contribution in [1.29, 1.82) is 0 Å². The molecule has 1 aromatic rings. The van der Waals surface area contributed by atoms with Gasteiger partial charge in [0, 0.05) is 30.2 Å². The third kappa shape index (κ3) is 2.71. The second-order valence-corrected chi connectivity index (χ2v) is 5.94. The SMILES string of the molecule is Clc1ccc(CNC2CCN3CCCCC23)cc1. The van der Waals surface area contributed by atoms with Crippen LogP contribution >= 0.6 is 11.6 Å². The van der Waals surface area contributed by atoms with Gasteiger partial charge in [-0.05, 0) is 43.5 Å². The van der Waals surface area contributed by atoms with Crippen molar-refractivity contribution < 1.29 is 0 Å². The Kier molecular flexibility index (Phi) is 3.88. The summed E-state index contributed by atoms with van der Waals surface area (Å²) in [5.74, 6) is 0. The Balaban J connectivity index is 1.55. The molecule has 2 heterocycles. The number of benzene rings is 1. The zero-order valence-electron chi connectivity index (χ0n) is 10.7. The van der Waals surface area contributed by atoms with Crippen molar-refractivity contribution in [3.8, 4) is 0 Å². The minimum absolute atomic E-state index is 0.681. The van der Waals surface area contributed by atoms with E-state index in [-0.39, 0.29) is 0 Å². The van der Waals surface area contributed by atoms with Gasteiger partial charge >= 0.3 is 0 Å². The number of nitrogens with zero attached hydrogens (tertiary/aromatic N) is 1. The average molecular weight is 265 g/mol. The summed E-state index contributed by atoms with van der Waals surface area (Å²) in [6.45, 7) is 3.55. The van der Waals surface area contributed by atoms with Gasteiger partial charge in [-0.25, -0.2) is 0 Å². The molecule has 2 aliphatic rings. The van der Waals surface area contributed by atoms with Crippen LogP contribution in [0.1, 0.15) is 31.2 Å². The molecule has 0 radical (unpaired) electrons. The van der Waals surface area contributed by atoms with Crippen LogP contribution in [0.5, 0.6) is 0 Å². The number of nitrogens with one attached hydrogen (secondary N) is 1. The lowest BCUT2D eigenvalue weighted by Crippen LogP contribution is -2.44. The van der Waals surface area contributed by atoms with Crippen molar-refractivity contribution in [2.24, 2.45) is 0 Å². The number of fused-ring (bicyclic) bond motifs is 1. The lowest BCUT2D eigenvalue weighted by atomic mass is 9.99. The number of hydrogen-bond acceptors (Lipinski definition) is 2. The Morgan fingerprint density at radius 3 is 2.78 bits per heavy atom. The van der Waals surface area contributed by atoms with Crippen LogP contribution < -0.4 is 5.32 Å². The lowest BCUT2D eigenvalue weighted by molar-refractivity contribution is 0.180. The van der Waals surface area contributed by atoms with E-state index in [1.54, 1.807) is 0 Å². The van der Waals surface area contributed by atoms with Gasteiger partial charge in [-0.3, -0.25) is 4.90 Å². The molecule has 2 nitrogen and oxygen atoms in total. The molecule has 0 bridgehead atoms. The van der Waals surface area contributed by atoms with E-state index in [1.807, 2.05) is 12.1 Å². The quantitative estimate of drug-likeness (QED) is 0.903. The summed E-state index contributed by atoms with van der Waals surface area (Å²) in [5, 5.41) is 4.55. The first-order valence-corrected chi connectivity index (χ1v) is 7.42. The van der Waals surface area contributed by atoms with Crippen LogP contribution in [0.25, 0.3) is 0 Å². The predicted octanol–water partition coefficient (Wildman–Crippen LogP) is 3.06. The summed E-state index contributed by atoms with van der Waals surface area (Å²) in [7, 11) is 0. The monoisotopic (exact) mass is 264 g/mol. The van der Waals surface area contributed by atoms with Crippen LogP contribution in [0.4, 0.5) is 0 Å². The number of piperidine rings is 1. The molecule has 2 atom stereocenters. The fourth-order valence-electron chi connectivity index (χ4n) is 3.34. The lowest BCUT2D eigenvalue weighted by Gasteiger charge is -2.32. The average Bonchev–Trinajstić information content (AvgIpc) is 2.82. The molecule has 3 rings (SSSR count). The maximum absolute atomic E-state index is 5.90. The third-order valence-corrected chi connectivity index (χ3v) is 4.59. The summed E-state index contributed by atoms with van der Waals surface area (Å²) in [4.78, 5) is 2.67. The molecule has 0 saturated carbocycles. The normalized spacial score (nSPS) is 28.3. The molecule has 98 valence electrons. The Labute approximate surface area is 114 Å². The topological polar surface area (TPSA) is 15.3 Å². The number of halogens is 1. The maximum Gasteiger partial charge on any atom is 0.0406 e. The van der Waals surface area contributed by atoms with Crippen LogP contribution in [0.3, 0.4) is 0 Å². The summed E-state index contributed by atoms with van der Waals surface area (Å²) in [5.41, 5.74) is 1.33. The molecule has 0 aromatic heterocycles. The van der Waals surface area contributed by atoms with Crippen molar-refractivity contribution in [3.63, 3.8) is 0 Å². The van der Waals surface area contributed by atoms with E-state index >= 15 is 0 Å². The van der Waals surface area contributed by atoms with E-state index < -0.39 is 0 Å². The smallest absolute Gasteiger partial charge is 0.0406 e. The van der Waals surface area contributed by atoms with Crippen LogP contribution in [0.2, 0.25) is 5.02 Å². The molecule has 2 unspecified atom stereocenters. The van der Waals surface area contributed by atoms with Crippen LogP contribution in [0, 0.1) is 0 Å². The third-order valence-electron chi connectivity index (χ3n) is 4.34. The highest BCUT2D eigenvalue weighted by Crippen LogP contribution is 2.27. The molecule has 0 spiro atoms. The Bertz CT molecular complexity index is 390. The van der Waals surface area contributed by atoms with Gasteiger partial charge < -0.3 is 5.32 Å². The van der Waals surface area contributed by atoms with E-state index in [1.165, 1.54) is 44.3 Å². The van der Waals surface area contributed by atoms with Gasteiger partial charge in [-0.15, -0.1) is 0 Å². The summed E-state index contributed by atoms with van der Waals surface area (Å²) < 4.78 is 0. The van der Waals surface area contributed by atoms with E-state index in [0.29, 0.717) is 6.04 Å². The van der Waals surface area contributed by atoms with Crippen molar-refractivity contribution in [2.75, 3.05) is 13.1 Å². The molecule has 0 amide bonds. The van der Waals surface area contributed by atoms with E-state index in [9.17, 15) is 0 Å². The highest BCUT2D eigenvalue weighted by Gasteiger charge is 2.34. The predicted molar refractivity (Wildman–Crippen MR) is 75.9 cm³/mol. The largest absolute Gasteiger partial charge is 0.308 e. The summed E-state index contributed by atoms with van der Waals surface area (Å²) in [6, 6.07) is 9.64. The minimum atomic E-state index is 0.681. The molecule has 2 aliphatic heterocycles. The Morgan fingerprint density at radius 1 is 1.11 bits per heavy atom. The second-order valence-electron chi connectivity index (χ2n) is 5.50. The zero-order chi connectivity index (χ0) is 12.4. The van der Waals surface area contributed by atoms with Gasteiger partial charge in [0.1, 0.15) is 0 Å². The van der Waals surface area contributed by atoms with Crippen LogP contribution in [0.15, 0.2) is 24.3 Å². The highest BCUT2D eigenvalue weighted by molar-refractivity contribution is 6.30. The van der Waals surface area contributed by atoms with Gasteiger partial charge in [-0.1, -0.05) is 30.2 Å². The summed E-state index contributed by atoms with van der Waals surface area (Å²) >= 11 is 5.90. The first-order chi connectivity index (χ1) is 8.83. The van der Waals surface area contributed by atoms with Gasteiger partial charge in [0.05, 0.1) is 0 Å². The Hall–Kier alpha value is -0.570. The van der Waals surface area contributed by atoms with Gasteiger partial charge in [0.15, 0.2) is 0 Å². The summed E-state index contributed by atoms with van der Waals surface area (Å²) in [6.07, 6.45) is 5.47.